The number of carbonyl (C=O) groups excluding carboxylic acids is 1. The average molecular weight is 337 g/mol. The molecule has 0 aliphatic heterocycles. The maximum Gasteiger partial charge on any atom is 0.251 e. The third-order valence-electron chi connectivity index (χ3n) is 3.88. The van der Waals surface area contributed by atoms with Crippen molar-refractivity contribution in [2.24, 2.45) is 0 Å². The van der Waals surface area contributed by atoms with Crippen LogP contribution in [0.2, 0.25) is 0 Å². The molecule has 0 aliphatic carbocycles. The molecule has 0 spiro atoms. The fourth-order valence-electron chi connectivity index (χ4n) is 2.55. The Morgan fingerprint density at radius 1 is 1.24 bits per heavy atom. The Morgan fingerprint density at radius 3 is 2.64 bits per heavy atom. The summed E-state index contributed by atoms with van der Waals surface area (Å²) in [5.74, 6) is 0.479. The molecule has 0 bridgehead atoms. The SMILES string of the molecule is Cc1onc(-c2cccnc2)c1-c1ccc(C(=O)N[C@@H](C)CO)cc1. The van der Waals surface area contributed by atoms with Crippen LogP contribution in [0.1, 0.15) is 23.0 Å². The second kappa shape index (κ2) is 7.27. The number of aliphatic hydroxyl groups excluding tert-OH is 1. The Hall–Kier alpha value is -2.99. The first-order valence-electron chi connectivity index (χ1n) is 7.99. The third kappa shape index (κ3) is 3.59. The van der Waals surface area contributed by atoms with Gasteiger partial charge in [-0.15, -0.1) is 0 Å². The van der Waals surface area contributed by atoms with Crippen molar-refractivity contribution in [2.75, 3.05) is 6.61 Å². The van der Waals surface area contributed by atoms with Crippen molar-refractivity contribution in [1.29, 1.82) is 0 Å². The second-order valence-electron chi connectivity index (χ2n) is 5.84. The zero-order valence-electron chi connectivity index (χ0n) is 14.1. The highest BCUT2D eigenvalue weighted by molar-refractivity contribution is 5.95. The first-order chi connectivity index (χ1) is 12.1. The second-order valence-corrected chi connectivity index (χ2v) is 5.84. The summed E-state index contributed by atoms with van der Waals surface area (Å²) < 4.78 is 5.36. The predicted molar refractivity (Wildman–Crippen MR) is 93.9 cm³/mol. The number of aryl methyl sites for hydroxylation is 1. The van der Waals surface area contributed by atoms with Gasteiger partial charge in [0.2, 0.25) is 0 Å². The molecule has 3 rings (SSSR count). The minimum absolute atomic E-state index is 0.0990. The number of hydrogen-bond acceptors (Lipinski definition) is 5. The Bertz CT molecular complexity index is 857. The van der Waals surface area contributed by atoms with Gasteiger partial charge in [-0.05, 0) is 43.7 Å². The smallest absolute Gasteiger partial charge is 0.251 e. The van der Waals surface area contributed by atoms with Gasteiger partial charge in [0.15, 0.2) is 0 Å². The number of nitrogens with one attached hydrogen (secondary N) is 1. The standard InChI is InChI=1S/C19H19N3O3/c1-12(11-23)21-19(24)15-7-5-14(6-8-15)17-13(2)25-22-18(17)16-4-3-9-20-10-16/h3-10,12,23H,11H2,1-2H3,(H,21,24)/t12-/m0/s1. The van der Waals surface area contributed by atoms with Gasteiger partial charge in [0.05, 0.1) is 12.2 Å². The average Bonchev–Trinajstić information content (AvgIpc) is 3.04. The predicted octanol–water partition coefficient (Wildman–Crippen LogP) is 2.82. The van der Waals surface area contributed by atoms with Crippen LogP contribution < -0.4 is 5.32 Å². The lowest BCUT2D eigenvalue weighted by Gasteiger charge is -2.11. The maximum absolute atomic E-state index is 12.1. The fraction of sp³-hybridized carbons (Fsp3) is 0.211. The summed E-state index contributed by atoms with van der Waals surface area (Å²) in [6, 6.07) is 10.7. The molecule has 2 N–H and O–H groups in total. The van der Waals surface area contributed by atoms with Crippen LogP contribution in [0.25, 0.3) is 22.4 Å². The molecule has 25 heavy (non-hydrogen) atoms. The molecule has 1 aromatic carbocycles. The van der Waals surface area contributed by atoms with Gasteiger partial charge in [-0.25, -0.2) is 0 Å². The Balaban J connectivity index is 1.91. The van der Waals surface area contributed by atoms with E-state index in [1.807, 2.05) is 31.2 Å². The highest BCUT2D eigenvalue weighted by atomic mass is 16.5. The van der Waals surface area contributed by atoms with Crippen molar-refractivity contribution in [3.63, 3.8) is 0 Å². The molecule has 2 heterocycles. The molecule has 128 valence electrons. The van der Waals surface area contributed by atoms with Crippen molar-refractivity contribution >= 4 is 5.91 Å². The van der Waals surface area contributed by atoms with E-state index in [0.717, 1.165) is 22.4 Å². The van der Waals surface area contributed by atoms with Gasteiger partial charge in [0.1, 0.15) is 11.5 Å². The van der Waals surface area contributed by atoms with Crippen molar-refractivity contribution in [3.05, 3.63) is 60.1 Å². The number of rotatable bonds is 5. The van der Waals surface area contributed by atoms with E-state index < -0.39 is 0 Å². The Morgan fingerprint density at radius 2 is 2.00 bits per heavy atom. The summed E-state index contributed by atoms with van der Waals surface area (Å²) >= 11 is 0. The van der Waals surface area contributed by atoms with Crippen molar-refractivity contribution in [3.8, 4) is 22.4 Å². The van der Waals surface area contributed by atoms with Crippen molar-refractivity contribution < 1.29 is 14.4 Å². The molecule has 3 aromatic rings. The van der Waals surface area contributed by atoms with E-state index >= 15 is 0 Å². The number of carbonyl (C=O) groups is 1. The summed E-state index contributed by atoms with van der Waals surface area (Å²) in [6.07, 6.45) is 3.44. The van der Waals surface area contributed by atoms with Crippen LogP contribution in [0, 0.1) is 6.92 Å². The molecule has 1 amide bonds. The molecule has 0 saturated carbocycles. The summed E-state index contributed by atoms with van der Waals surface area (Å²) in [5, 5.41) is 15.9. The lowest BCUT2D eigenvalue weighted by molar-refractivity contribution is 0.0922. The van der Waals surface area contributed by atoms with E-state index in [1.165, 1.54) is 0 Å². The molecule has 6 nitrogen and oxygen atoms in total. The van der Waals surface area contributed by atoms with Gasteiger partial charge < -0.3 is 14.9 Å². The summed E-state index contributed by atoms with van der Waals surface area (Å²) in [7, 11) is 0. The number of hydrogen-bond donors (Lipinski definition) is 2. The third-order valence-corrected chi connectivity index (χ3v) is 3.88. The largest absolute Gasteiger partial charge is 0.394 e. The fourth-order valence-corrected chi connectivity index (χ4v) is 2.55. The topological polar surface area (TPSA) is 88.2 Å². The first-order valence-corrected chi connectivity index (χ1v) is 7.99. The Labute approximate surface area is 145 Å². The molecular weight excluding hydrogens is 318 g/mol. The van der Waals surface area contributed by atoms with E-state index in [-0.39, 0.29) is 18.6 Å². The van der Waals surface area contributed by atoms with Gasteiger partial charge in [-0.3, -0.25) is 9.78 Å². The van der Waals surface area contributed by atoms with E-state index in [1.54, 1.807) is 31.5 Å². The monoisotopic (exact) mass is 337 g/mol. The van der Waals surface area contributed by atoms with Crippen molar-refractivity contribution in [1.82, 2.24) is 15.5 Å². The number of nitrogens with zero attached hydrogens (tertiary/aromatic N) is 2. The first kappa shape index (κ1) is 16.9. The number of aromatic nitrogens is 2. The van der Waals surface area contributed by atoms with Crippen LogP contribution in [0.5, 0.6) is 0 Å². The minimum atomic E-state index is -0.287. The van der Waals surface area contributed by atoms with Crippen LogP contribution in [-0.2, 0) is 0 Å². The molecule has 1 atom stereocenters. The van der Waals surface area contributed by atoms with E-state index in [0.29, 0.717) is 11.3 Å². The zero-order chi connectivity index (χ0) is 17.8. The molecule has 0 unspecified atom stereocenters. The molecule has 0 radical (unpaired) electrons. The lowest BCUT2D eigenvalue weighted by Crippen LogP contribution is -2.34. The highest BCUT2D eigenvalue weighted by Crippen LogP contribution is 2.33. The summed E-state index contributed by atoms with van der Waals surface area (Å²) in [5.41, 5.74) is 3.90. The molecule has 2 aromatic heterocycles. The highest BCUT2D eigenvalue weighted by Gasteiger charge is 2.17. The number of pyridine rings is 1. The molecule has 0 saturated heterocycles. The van der Waals surface area contributed by atoms with Crippen molar-refractivity contribution in [2.45, 2.75) is 19.9 Å². The molecule has 0 aliphatic rings. The summed E-state index contributed by atoms with van der Waals surface area (Å²) in [6.45, 7) is 3.50. The quantitative estimate of drug-likeness (QED) is 0.747. The normalized spacial score (nSPS) is 12.0. The summed E-state index contributed by atoms with van der Waals surface area (Å²) in [4.78, 5) is 16.2. The van der Waals surface area contributed by atoms with Crippen LogP contribution in [0.4, 0.5) is 0 Å². The number of benzene rings is 1. The van der Waals surface area contributed by atoms with Gasteiger partial charge in [0, 0.05) is 29.6 Å². The molecule has 0 fully saturated rings. The van der Waals surface area contributed by atoms with Gasteiger partial charge >= 0.3 is 0 Å². The minimum Gasteiger partial charge on any atom is -0.394 e. The van der Waals surface area contributed by atoms with Gasteiger partial charge in [0.25, 0.3) is 5.91 Å². The number of amides is 1. The number of aliphatic hydroxyl groups is 1. The zero-order valence-corrected chi connectivity index (χ0v) is 14.1. The van der Waals surface area contributed by atoms with E-state index in [2.05, 4.69) is 15.5 Å². The van der Waals surface area contributed by atoms with E-state index in [4.69, 9.17) is 9.63 Å². The van der Waals surface area contributed by atoms with Crippen LogP contribution in [-0.4, -0.2) is 33.8 Å². The van der Waals surface area contributed by atoms with E-state index in [9.17, 15) is 4.79 Å². The lowest BCUT2D eigenvalue weighted by atomic mass is 9.99. The van der Waals surface area contributed by atoms with Crippen LogP contribution in [0.15, 0.2) is 53.3 Å². The van der Waals surface area contributed by atoms with Gasteiger partial charge in [-0.1, -0.05) is 17.3 Å². The maximum atomic E-state index is 12.1. The van der Waals surface area contributed by atoms with Crippen LogP contribution >= 0.6 is 0 Å². The molecule has 6 heteroatoms. The Kier molecular flexibility index (Phi) is 4.90. The molecular formula is C19H19N3O3. The van der Waals surface area contributed by atoms with Crippen LogP contribution in [0.3, 0.4) is 0 Å². The van der Waals surface area contributed by atoms with Gasteiger partial charge in [-0.2, -0.15) is 0 Å².